The van der Waals surface area contributed by atoms with Gasteiger partial charge >= 0.3 is 0 Å². The molecule has 0 aliphatic carbocycles. The van der Waals surface area contributed by atoms with E-state index in [4.69, 9.17) is 0 Å². The summed E-state index contributed by atoms with van der Waals surface area (Å²) in [5.41, 5.74) is 5.12. The van der Waals surface area contributed by atoms with Crippen LogP contribution in [0.4, 0.5) is 8.78 Å². The standard InChI is InChI=1S/C23H22F2IN5/c24-20-5-1-16(2-6-20)13-31(10-9-27-15-26)14-19-11-17(3-7-21(19)25)18-4-8-22-23(12-18)29-30-28-22/h1-8,11-12,27H,9-10,13-15H2,(H,28,29,30). The molecule has 0 aliphatic rings. The molecule has 31 heavy (non-hydrogen) atoms. The molecule has 3 aromatic carbocycles. The van der Waals surface area contributed by atoms with Crippen LogP contribution in [0.5, 0.6) is 0 Å². The monoisotopic (exact) mass is 533 g/mol. The van der Waals surface area contributed by atoms with E-state index in [0.29, 0.717) is 18.7 Å². The minimum atomic E-state index is -0.260. The third-order valence-corrected chi connectivity index (χ3v) is 5.66. The van der Waals surface area contributed by atoms with Crippen molar-refractivity contribution in [3.63, 3.8) is 0 Å². The lowest BCUT2D eigenvalue weighted by atomic mass is 10.0. The highest BCUT2D eigenvalue weighted by atomic mass is 127. The number of alkyl halides is 1. The number of benzene rings is 3. The van der Waals surface area contributed by atoms with Gasteiger partial charge in [0.05, 0.1) is 5.52 Å². The van der Waals surface area contributed by atoms with E-state index in [0.717, 1.165) is 45.4 Å². The van der Waals surface area contributed by atoms with Crippen molar-refractivity contribution < 1.29 is 8.78 Å². The molecule has 0 atom stereocenters. The normalized spacial score (nSPS) is 11.5. The van der Waals surface area contributed by atoms with Crippen LogP contribution in [-0.4, -0.2) is 38.0 Å². The maximum Gasteiger partial charge on any atom is 0.127 e. The van der Waals surface area contributed by atoms with Gasteiger partial charge in [-0.15, -0.1) is 5.10 Å². The smallest absolute Gasteiger partial charge is 0.127 e. The molecule has 1 heterocycles. The zero-order chi connectivity index (χ0) is 21.6. The summed E-state index contributed by atoms with van der Waals surface area (Å²) in [5, 5.41) is 14.0. The van der Waals surface area contributed by atoms with Gasteiger partial charge in [-0.05, 0) is 53.1 Å². The van der Waals surface area contributed by atoms with Gasteiger partial charge in [-0.2, -0.15) is 0 Å². The van der Waals surface area contributed by atoms with Crippen molar-refractivity contribution in [1.29, 1.82) is 0 Å². The molecule has 2 N–H and O–H groups in total. The van der Waals surface area contributed by atoms with E-state index in [1.54, 1.807) is 18.2 Å². The van der Waals surface area contributed by atoms with Gasteiger partial charge in [0, 0.05) is 36.3 Å². The number of hydrogen-bond acceptors (Lipinski definition) is 4. The Kier molecular flexibility index (Phi) is 7.21. The average Bonchev–Trinajstić information content (AvgIpc) is 3.25. The van der Waals surface area contributed by atoms with Crippen LogP contribution in [-0.2, 0) is 13.1 Å². The van der Waals surface area contributed by atoms with Crippen molar-refractivity contribution in [2.45, 2.75) is 13.1 Å². The van der Waals surface area contributed by atoms with Gasteiger partial charge in [0.1, 0.15) is 17.2 Å². The molecular weight excluding hydrogens is 511 g/mol. The van der Waals surface area contributed by atoms with Crippen molar-refractivity contribution in [2.24, 2.45) is 0 Å². The number of nitrogens with zero attached hydrogens (tertiary/aromatic N) is 3. The summed E-state index contributed by atoms with van der Waals surface area (Å²) in [5.74, 6) is -0.498. The summed E-state index contributed by atoms with van der Waals surface area (Å²) in [7, 11) is 0. The molecule has 0 spiro atoms. The number of hydrogen-bond donors (Lipinski definition) is 2. The van der Waals surface area contributed by atoms with Gasteiger partial charge in [-0.1, -0.05) is 52.1 Å². The molecule has 0 amide bonds. The van der Waals surface area contributed by atoms with Crippen molar-refractivity contribution in [2.75, 3.05) is 17.6 Å². The fraction of sp³-hybridized carbons (Fsp3) is 0.217. The number of halogens is 3. The third kappa shape index (κ3) is 5.63. The van der Waals surface area contributed by atoms with Crippen LogP contribution in [0.15, 0.2) is 60.7 Å². The fourth-order valence-corrected chi connectivity index (χ4v) is 3.89. The minimum Gasteiger partial charge on any atom is -0.307 e. The predicted octanol–water partition coefficient (Wildman–Crippen LogP) is 4.89. The van der Waals surface area contributed by atoms with Crippen LogP contribution in [0.25, 0.3) is 22.2 Å². The molecule has 160 valence electrons. The molecule has 0 bridgehead atoms. The molecule has 1 aromatic heterocycles. The Hall–Kier alpha value is -2.43. The number of H-pyrrole nitrogens is 1. The fourth-order valence-electron chi connectivity index (χ4n) is 3.50. The maximum atomic E-state index is 14.7. The molecule has 4 aromatic rings. The summed E-state index contributed by atoms with van der Waals surface area (Å²) in [6, 6.07) is 17.5. The highest BCUT2D eigenvalue weighted by molar-refractivity contribution is 14.1. The quantitative estimate of drug-likeness (QED) is 0.139. The van der Waals surface area contributed by atoms with Gasteiger partial charge in [0.2, 0.25) is 0 Å². The molecule has 0 aliphatic heterocycles. The third-order valence-electron chi connectivity index (χ3n) is 5.12. The molecule has 5 nitrogen and oxygen atoms in total. The van der Waals surface area contributed by atoms with Gasteiger partial charge < -0.3 is 5.32 Å². The molecule has 8 heteroatoms. The van der Waals surface area contributed by atoms with Gasteiger partial charge in [0.15, 0.2) is 0 Å². The van der Waals surface area contributed by atoms with E-state index in [-0.39, 0.29) is 11.6 Å². The lowest BCUT2D eigenvalue weighted by Crippen LogP contribution is -2.31. The van der Waals surface area contributed by atoms with Gasteiger partial charge in [0.25, 0.3) is 0 Å². The van der Waals surface area contributed by atoms with E-state index in [2.05, 4.69) is 48.2 Å². The Morgan fingerprint density at radius 1 is 0.935 bits per heavy atom. The Bertz CT molecular complexity index is 1150. The van der Waals surface area contributed by atoms with Crippen LogP contribution in [0.2, 0.25) is 0 Å². The maximum absolute atomic E-state index is 14.7. The van der Waals surface area contributed by atoms with E-state index < -0.39 is 0 Å². The Balaban J connectivity index is 1.57. The molecular formula is C23H22F2IN5. The number of nitrogens with one attached hydrogen (secondary N) is 2. The second-order valence-corrected chi connectivity index (χ2v) is 8.08. The van der Waals surface area contributed by atoms with Crippen LogP contribution in [0.1, 0.15) is 11.1 Å². The first kappa shape index (κ1) is 21.8. The average molecular weight is 533 g/mol. The number of aromatic amines is 1. The lowest BCUT2D eigenvalue weighted by molar-refractivity contribution is 0.255. The Morgan fingerprint density at radius 2 is 1.71 bits per heavy atom. The zero-order valence-corrected chi connectivity index (χ0v) is 18.9. The van der Waals surface area contributed by atoms with Crippen LogP contribution in [0, 0.1) is 11.6 Å². The molecule has 4 rings (SSSR count). The first-order valence-electron chi connectivity index (χ1n) is 9.95. The first-order chi connectivity index (χ1) is 15.1. The number of aromatic nitrogens is 3. The second-order valence-electron chi connectivity index (χ2n) is 7.32. The Morgan fingerprint density at radius 3 is 2.52 bits per heavy atom. The summed E-state index contributed by atoms with van der Waals surface area (Å²) in [4.78, 5) is 2.16. The minimum absolute atomic E-state index is 0.239. The van der Waals surface area contributed by atoms with Crippen LogP contribution >= 0.6 is 22.6 Å². The van der Waals surface area contributed by atoms with E-state index in [9.17, 15) is 8.78 Å². The topological polar surface area (TPSA) is 56.8 Å². The summed E-state index contributed by atoms with van der Waals surface area (Å²) in [6.07, 6.45) is 0. The van der Waals surface area contributed by atoms with E-state index >= 15 is 0 Å². The van der Waals surface area contributed by atoms with Crippen molar-refractivity contribution in [1.82, 2.24) is 25.6 Å². The zero-order valence-electron chi connectivity index (χ0n) is 16.8. The van der Waals surface area contributed by atoms with Crippen LogP contribution in [0.3, 0.4) is 0 Å². The molecule has 0 radical (unpaired) electrons. The van der Waals surface area contributed by atoms with Crippen molar-refractivity contribution in [3.8, 4) is 11.1 Å². The molecule has 0 unspecified atom stereocenters. The van der Waals surface area contributed by atoms with Crippen molar-refractivity contribution in [3.05, 3.63) is 83.4 Å². The largest absolute Gasteiger partial charge is 0.307 e. The van der Waals surface area contributed by atoms with Gasteiger partial charge in [-0.3, -0.25) is 10.00 Å². The van der Waals surface area contributed by atoms with Crippen molar-refractivity contribution >= 4 is 33.6 Å². The first-order valence-corrected chi connectivity index (χ1v) is 11.5. The van der Waals surface area contributed by atoms with Gasteiger partial charge in [-0.25, -0.2) is 8.78 Å². The molecule has 0 fully saturated rings. The molecule has 0 saturated carbocycles. The lowest BCUT2D eigenvalue weighted by Gasteiger charge is -2.23. The summed E-state index contributed by atoms with van der Waals surface area (Å²) in [6.45, 7) is 2.59. The highest BCUT2D eigenvalue weighted by Gasteiger charge is 2.13. The Labute approximate surface area is 193 Å². The summed E-state index contributed by atoms with van der Waals surface area (Å²) >= 11 is 2.26. The highest BCUT2D eigenvalue weighted by Crippen LogP contribution is 2.25. The number of fused-ring (bicyclic) bond motifs is 1. The van der Waals surface area contributed by atoms with E-state index in [1.165, 1.54) is 18.2 Å². The summed E-state index contributed by atoms with van der Waals surface area (Å²) < 4.78 is 28.8. The predicted molar refractivity (Wildman–Crippen MR) is 127 cm³/mol. The second kappa shape index (κ2) is 10.3. The molecule has 0 saturated heterocycles. The van der Waals surface area contributed by atoms with Crippen LogP contribution < -0.4 is 5.32 Å². The number of rotatable bonds is 9. The SMILES string of the molecule is Fc1ccc(CN(CCNCI)Cc2cc(-c3ccc4[nH]nnc4c3)ccc2F)cc1. The van der Waals surface area contributed by atoms with E-state index in [1.807, 2.05) is 24.3 Å².